The minimum Gasteiger partial charge on any atom is -0.484 e. The van der Waals surface area contributed by atoms with E-state index in [4.69, 9.17) is 21.1 Å². The summed E-state index contributed by atoms with van der Waals surface area (Å²) in [4.78, 5) is 28.6. The van der Waals surface area contributed by atoms with Crippen molar-refractivity contribution in [1.29, 1.82) is 0 Å². The lowest BCUT2D eigenvalue weighted by Gasteiger charge is -2.16. The molecule has 0 aliphatic carbocycles. The Bertz CT molecular complexity index is 1400. The molecular weight excluding hydrogens is 488 g/mol. The molecule has 0 fully saturated rings. The van der Waals surface area contributed by atoms with Crippen molar-refractivity contribution in [3.8, 4) is 10.8 Å². The van der Waals surface area contributed by atoms with Gasteiger partial charge in [-0.1, -0.05) is 35.9 Å². The number of halogens is 1. The zero-order valence-corrected chi connectivity index (χ0v) is 21.3. The SMILES string of the molecule is C[C@@H](Oc1cc(-n2cnc3ccc(COC(=O)C(C)(C)C)cc32)sc1C(=O)O)c1ccccc1Cl. The Morgan fingerprint density at radius 1 is 1.17 bits per heavy atom. The number of ether oxygens (including phenoxy) is 2. The molecule has 0 aliphatic heterocycles. The maximum Gasteiger partial charge on any atom is 0.349 e. The van der Waals surface area contributed by atoms with E-state index in [9.17, 15) is 14.7 Å². The van der Waals surface area contributed by atoms with Crippen LogP contribution < -0.4 is 4.74 Å². The van der Waals surface area contributed by atoms with E-state index in [0.29, 0.717) is 10.0 Å². The van der Waals surface area contributed by atoms with E-state index >= 15 is 0 Å². The summed E-state index contributed by atoms with van der Waals surface area (Å²) in [5, 5.41) is 11.0. The first-order chi connectivity index (χ1) is 16.5. The van der Waals surface area contributed by atoms with Gasteiger partial charge in [0.25, 0.3) is 0 Å². The molecule has 9 heteroatoms. The molecule has 0 spiro atoms. The van der Waals surface area contributed by atoms with Gasteiger partial charge in [0.15, 0.2) is 4.88 Å². The molecule has 7 nitrogen and oxygen atoms in total. The lowest BCUT2D eigenvalue weighted by Crippen LogP contribution is -2.22. The maximum absolute atomic E-state index is 12.1. The number of nitrogens with zero attached hydrogens (tertiary/aromatic N) is 2. The van der Waals surface area contributed by atoms with Gasteiger partial charge in [0, 0.05) is 16.7 Å². The van der Waals surface area contributed by atoms with Crippen LogP contribution in [0.2, 0.25) is 5.02 Å². The highest BCUT2D eigenvalue weighted by molar-refractivity contribution is 7.16. The molecule has 35 heavy (non-hydrogen) atoms. The van der Waals surface area contributed by atoms with Crippen LogP contribution in [0.25, 0.3) is 16.0 Å². The second-order valence-electron chi connectivity index (χ2n) is 9.13. The Balaban J connectivity index is 1.65. The Morgan fingerprint density at radius 3 is 2.60 bits per heavy atom. The summed E-state index contributed by atoms with van der Waals surface area (Å²) in [6.07, 6.45) is 1.18. The Labute approximate surface area is 211 Å². The third-order valence-electron chi connectivity index (χ3n) is 5.36. The van der Waals surface area contributed by atoms with E-state index in [1.165, 1.54) is 0 Å². The number of hydrogen-bond acceptors (Lipinski definition) is 6. The maximum atomic E-state index is 12.1. The van der Waals surface area contributed by atoms with Crippen LogP contribution in [0.3, 0.4) is 0 Å². The van der Waals surface area contributed by atoms with Crippen molar-refractivity contribution in [2.75, 3.05) is 0 Å². The van der Waals surface area contributed by atoms with E-state index in [0.717, 1.165) is 33.5 Å². The van der Waals surface area contributed by atoms with E-state index < -0.39 is 17.5 Å². The molecule has 0 bridgehead atoms. The van der Waals surface area contributed by atoms with Gasteiger partial charge in [-0.2, -0.15) is 0 Å². The highest BCUT2D eigenvalue weighted by Crippen LogP contribution is 2.37. The summed E-state index contributed by atoms with van der Waals surface area (Å²) in [6, 6.07) is 14.6. The molecule has 0 aliphatic rings. The van der Waals surface area contributed by atoms with Gasteiger partial charge in [-0.05, 0) is 51.5 Å². The Kier molecular flexibility index (Phi) is 6.87. The zero-order valence-electron chi connectivity index (χ0n) is 19.7. The molecule has 0 amide bonds. The van der Waals surface area contributed by atoms with Gasteiger partial charge in [-0.25, -0.2) is 9.78 Å². The quantitative estimate of drug-likeness (QED) is 0.278. The number of aromatic nitrogens is 2. The third kappa shape index (κ3) is 5.33. The van der Waals surface area contributed by atoms with Crippen molar-refractivity contribution in [2.24, 2.45) is 5.41 Å². The van der Waals surface area contributed by atoms with Crippen molar-refractivity contribution in [3.05, 3.63) is 75.9 Å². The molecule has 1 N–H and O–H groups in total. The number of esters is 1. The molecule has 4 aromatic rings. The third-order valence-corrected chi connectivity index (χ3v) is 6.81. The second kappa shape index (κ2) is 9.71. The van der Waals surface area contributed by atoms with Crippen LogP contribution in [0, 0.1) is 5.41 Å². The van der Waals surface area contributed by atoms with Crippen LogP contribution in [-0.4, -0.2) is 26.6 Å². The summed E-state index contributed by atoms with van der Waals surface area (Å²) < 4.78 is 13.3. The fourth-order valence-corrected chi connectivity index (χ4v) is 4.66. The van der Waals surface area contributed by atoms with Crippen LogP contribution in [0.5, 0.6) is 5.75 Å². The number of imidazole rings is 1. The Hall–Kier alpha value is -3.36. The fourth-order valence-electron chi connectivity index (χ4n) is 3.46. The summed E-state index contributed by atoms with van der Waals surface area (Å²) >= 11 is 7.38. The molecule has 1 atom stereocenters. The highest BCUT2D eigenvalue weighted by atomic mass is 35.5. The molecule has 2 aromatic heterocycles. The van der Waals surface area contributed by atoms with Gasteiger partial charge >= 0.3 is 11.9 Å². The molecule has 182 valence electrons. The predicted octanol–water partition coefficient (Wildman–Crippen LogP) is 6.67. The van der Waals surface area contributed by atoms with E-state index in [2.05, 4.69) is 4.98 Å². The standard InChI is InChI=1S/C26H25ClN2O5S/c1-15(17-7-5-6-8-18(17)27)34-21-12-22(35-23(21)24(30)31)29-14-28-19-10-9-16(11-20(19)29)13-33-25(32)26(2,3)4/h5-12,14-15H,13H2,1-4H3,(H,30,31)/t15-/m1/s1. The summed E-state index contributed by atoms with van der Waals surface area (Å²) in [7, 11) is 0. The first-order valence-corrected chi connectivity index (χ1v) is 12.2. The van der Waals surface area contributed by atoms with Gasteiger partial charge in [-0.15, -0.1) is 11.3 Å². The van der Waals surface area contributed by atoms with Crippen LogP contribution in [0.15, 0.2) is 54.9 Å². The molecule has 0 saturated carbocycles. The van der Waals surface area contributed by atoms with Crippen LogP contribution in [0.1, 0.15) is 54.6 Å². The lowest BCUT2D eigenvalue weighted by atomic mass is 9.97. The average Bonchev–Trinajstić information content (AvgIpc) is 3.40. The molecular formula is C26H25ClN2O5S. The van der Waals surface area contributed by atoms with Crippen molar-refractivity contribution >= 4 is 45.9 Å². The molecule has 4 rings (SSSR count). The normalized spacial score (nSPS) is 12.5. The summed E-state index contributed by atoms with van der Waals surface area (Å²) in [6.45, 7) is 7.36. The van der Waals surface area contributed by atoms with Gasteiger partial charge in [0.1, 0.15) is 29.8 Å². The number of hydrogen-bond donors (Lipinski definition) is 1. The van der Waals surface area contributed by atoms with Gasteiger partial charge in [0.05, 0.1) is 16.4 Å². The van der Waals surface area contributed by atoms with Crippen molar-refractivity contribution in [1.82, 2.24) is 9.55 Å². The van der Waals surface area contributed by atoms with E-state index in [1.54, 1.807) is 43.8 Å². The number of carbonyl (C=O) groups excluding carboxylic acids is 1. The zero-order chi connectivity index (χ0) is 25.3. The summed E-state index contributed by atoms with van der Waals surface area (Å²) in [5.74, 6) is -1.12. The van der Waals surface area contributed by atoms with Crippen molar-refractivity contribution in [2.45, 2.75) is 40.4 Å². The van der Waals surface area contributed by atoms with Gasteiger partial charge in [0.2, 0.25) is 0 Å². The van der Waals surface area contributed by atoms with Crippen LogP contribution >= 0.6 is 22.9 Å². The molecule has 0 unspecified atom stereocenters. The number of thiophene rings is 1. The van der Waals surface area contributed by atoms with Crippen molar-refractivity contribution in [3.63, 3.8) is 0 Å². The number of rotatable bonds is 7. The Morgan fingerprint density at radius 2 is 1.91 bits per heavy atom. The first-order valence-electron chi connectivity index (χ1n) is 11.0. The summed E-state index contributed by atoms with van der Waals surface area (Å²) in [5.41, 5.74) is 2.47. The number of carbonyl (C=O) groups is 2. The fraction of sp³-hybridized carbons (Fsp3) is 0.269. The van der Waals surface area contributed by atoms with Crippen molar-refractivity contribution < 1.29 is 24.2 Å². The smallest absolute Gasteiger partial charge is 0.349 e. The predicted molar refractivity (Wildman–Crippen MR) is 136 cm³/mol. The lowest BCUT2D eigenvalue weighted by molar-refractivity contribution is -0.154. The first kappa shape index (κ1) is 24.8. The minimum absolute atomic E-state index is 0.0796. The van der Waals surface area contributed by atoms with E-state index in [1.807, 2.05) is 43.3 Å². The molecule has 2 heterocycles. The number of benzene rings is 2. The van der Waals surface area contributed by atoms with E-state index in [-0.39, 0.29) is 23.2 Å². The number of fused-ring (bicyclic) bond motifs is 1. The average molecular weight is 513 g/mol. The van der Waals surface area contributed by atoms with Gasteiger partial charge in [-0.3, -0.25) is 9.36 Å². The second-order valence-corrected chi connectivity index (χ2v) is 10.6. The molecule has 0 radical (unpaired) electrons. The number of aromatic carboxylic acids is 1. The van der Waals surface area contributed by atoms with Crippen LogP contribution in [0.4, 0.5) is 0 Å². The molecule has 2 aromatic carbocycles. The number of carboxylic acid groups (broad SMARTS) is 1. The van der Waals surface area contributed by atoms with Gasteiger partial charge < -0.3 is 14.6 Å². The topological polar surface area (TPSA) is 90.7 Å². The minimum atomic E-state index is -1.08. The monoisotopic (exact) mass is 512 g/mol. The molecule has 0 saturated heterocycles. The number of carboxylic acids is 1. The van der Waals surface area contributed by atoms with Crippen LogP contribution in [-0.2, 0) is 16.1 Å². The largest absolute Gasteiger partial charge is 0.484 e. The highest BCUT2D eigenvalue weighted by Gasteiger charge is 2.24.